The van der Waals surface area contributed by atoms with E-state index in [0.29, 0.717) is 19.3 Å². The van der Waals surface area contributed by atoms with Gasteiger partial charge in [-0.1, -0.05) is 44.2 Å². The molecule has 0 fully saturated rings. The van der Waals surface area contributed by atoms with Gasteiger partial charge in [-0.05, 0) is 5.56 Å². The summed E-state index contributed by atoms with van der Waals surface area (Å²) in [4.78, 5) is 47.1. The minimum Gasteiger partial charge on any atom is -0.347 e. The van der Waals surface area contributed by atoms with Gasteiger partial charge in [0.15, 0.2) is 5.78 Å². The number of ketones is 2. The van der Waals surface area contributed by atoms with Crippen LogP contribution >= 0.6 is 0 Å². The third-order valence-electron chi connectivity index (χ3n) is 3.84. The van der Waals surface area contributed by atoms with E-state index in [-0.39, 0.29) is 31.2 Å². The highest BCUT2D eigenvalue weighted by atomic mass is 16.2. The maximum atomic E-state index is 12.4. The number of nitrogens with one attached hydrogen (secondary N) is 4. The Balaban J connectivity index is 2.58. The highest BCUT2D eigenvalue weighted by Crippen LogP contribution is 2.03. The Kier molecular flexibility index (Phi) is 10.6. The average Bonchev–Trinajstić information content (AvgIpc) is 2.69. The Bertz CT molecular complexity index is 634. The fourth-order valence-corrected chi connectivity index (χ4v) is 2.17. The van der Waals surface area contributed by atoms with Crippen LogP contribution in [-0.4, -0.2) is 49.1 Å². The number of carbonyl (C=O) groups excluding carboxylic acids is 4. The van der Waals surface area contributed by atoms with Gasteiger partial charge in [0.1, 0.15) is 11.8 Å². The Morgan fingerprint density at radius 3 is 2.07 bits per heavy atom. The molecule has 1 aromatic rings. The second-order valence-corrected chi connectivity index (χ2v) is 6.02. The Hall–Kier alpha value is -2.58. The van der Waals surface area contributed by atoms with E-state index >= 15 is 0 Å². The van der Waals surface area contributed by atoms with Crippen molar-refractivity contribution in [2.75, 3.05) is 19.6 Å². The fourth-order valence-electron chi connectivity index (χ4n) is 2.17. The molecule has 0 heterocycles. The van der Waals surface area contributed by atoms with Crippen LogP contribution in [0.4, 0.5) is 0 Å². The largest absolute Gasteiger partial charge is 0.347 e. The zero-order valence-electron chi connectivity index (χ0n) is 15.8. The predicted octanol–water partition coefficient (Wildman–Crippen LogP) is -0.117. The second-order valence-electron chi connectivity index (χ2n) is 6.02. The van der Waals surface area contributed by atoms with Crippen molar-refractivity contribution in [3.05, 3.63) is 35.9 Å². The SMILES string of the molecule is CCC(=O)CNNCC(=O)N[C@@H](Cc1ccccc1)C(=O)NCC(=O)CC. The Morgan fingerprint density at radius 1 is 0.852 bits per heavy atom. The number of Topliss-reactive ketones (excluding diaryl/α,β-unsaturated/α-hetero) is 2. The van der Waals surface area contributed by atoms with Gasteiger partial charge in [-0.3, -0.25) is 19.2 Å². The van der Waals surface area contributed by atoms with Crippen LogP contribution in [0, 0.1) is 0 Å². The number of rotatable bonds is 13. The van der Waals surface area contributed by atoms with Crippen LogP contribution < -0.4 is 21.5 Å². The minimum atomic E-state index is -0.802. The summed E-state index contributed by atoms with van der Waals surface area (Å²) in [6.45, 7) is 3.45. The van der Waals surface area contributed by atoms with Gasteiger partial charge in [0.2, 0.25) is 11.8 Å². The molecule has 0 aromatic heterocycles. The molecule has 8 heteroatoms. The molecule has 1 aromatic carbocycles. The minimum absolute atomic E-state index is 0.0184. The van der Waals surface area contributed by atoms with Crippen LogP contribution in [0.2, 0.25) is 0 Å². The normalized spacial score (nSPS) is 11.5. The lowest BCUT2D eigenvalue weighted by Gasteiger charge is -2.19. The van der Waals surface area contributed by atoms with E-state index in [1.807, 2.05) is 30.3 Å². The molecule has 0 saturated carbocycles. The standard InChI is InChI=1S/C19H28N4O4/c1-3-15(24)11-20-19(27)17(10-14-8-6-5-7-9-14)23-18(26)13-22-21-12-16(25)4-2/h5-9,17,21-22H,3-4,10-13H2,1-2H3,(H,20,27)(H,23,26)/t17-/m0/s1. The molecular formula is C19H28N4O4. The average molecular weight is 376 g/mol. The molecule has 0 bridgehead atoms. The van der Waals surface area contributed by atoms with Crippen LogP contribution in [0.5, 0.6) is 0 Å². The molecule has 148 valence electrons. The van der Waals surface area contributed by atoms with Crippen LogP contribution in [0.25, 0.3) is 0 Å². The Morgan fingerprint density at radius 2 is 1.44 bits per heavy atom. The summed E-state index contributed by atoms with van der Waals surface area (Å²) in [5, 5.41) is 5.22. The first-order chi connectivity index (χ1) is 13.0. The summed E-state index contributed by atoms with van der Waals surface area (Å²) in [5.74, 6) is -0.878. The lowest BCUT2D eigenvalue weighted by Crippen LogP contribution is -2.52. The van der Waals surface area contributed by atoms with Crippen molar-refractivity contribution in [2.45, 2.75) is 39.2 Å². The van der Waals surface area contributed by atoms with E-state index in [4.69, 9.17) is 0 Å². The highest BCUT2D eigenvalue weighted by Gasteiger charge is 2.21. The molecule has 1 rings (SSSR count). The van der Waals surface area contributed by atoms with E-state index in [0.717, 1.165) is 5.56 Å². The van der Waals surface area contributed by atoms with E-state index < -0.39 is 17.9 Å². The van der Waals surface area contributed by atoms with Crippen LogP contribution in [0.15, 0.2) is 30.3 Å². The number of carbonyl (C=O) groups is 4. The third kappa shape index (κ3) is 9.62. The molecule has 8 nitrogen and oxygen atoms in total. The number of hydrazine groups is 1. The number of amides is 2. The number of hydrogen-bond acceptors (Lipinski definition) is 6. The van der Waals surface area contributed by atoms with Gasteiger partial charge in [0.25, 0.3) is 0 Å². The van der Waals surface area contributed by atoms with Gasteiger partial charge in [0, 0.05) is 19.3 Å². The van der Waals surface area contributed by atoms with Crippen molar-refractivity contribution in [3.8, 4) is 0 Å². The molecule has 1 atom stereocenters. The van der Waals surface area contributed by atoms with Crippen molar-refractivity contribution in [2.24, 2.45) is 0 Å². The summed E-state index contributed by atoms with van der Waals surface area (Å²) >= 11 is 0. The maximum absolute atomic E-state index is 12.4. The summed E-state index contributed by atoms with van der Waals surface area (Å²) in [6, 6.07) is 8.49. The van der Waals surface area contributed by atoms with E-state index in [1.165, 1.54) is 0 Å². The van der Waals surface area contributed by atoms with E-state index in [2.05, 4.69) is 21.5 Å². The lowest BCUT2D eigenvalue weighted by molar-refractivity contribution is -0.129. The molecular weight excluding hydrogens is 348 g/mol. The van der Waals surface area contributed by atoms with Crippen LogP contribution in [0.1, 0.15) is 32.3 Å². The number of hydrogen-bond donors (Lipinski definition) is 4. The maximum Gasteiger partial charge on any atom is 0.243 e. The molecule has 0 aliphatic heterocycles. The zero-order chi connectivity index (χ0) is 20.1. The molecule has 0 radical (unpaired) electrons. The molecule has 4 N–H and O–H groups in total. The fraction of sp³-hybridized carbons (Fsp3) is 0.474. The van der Waals surface area contributed by atoms with E-state index in [9.17, 15) is 19.2 Å². The van der Waals surface area contributed by atoms with Gasteiger partial charge >= 0.3 is 0 Å². The molecule has 0 unspecified atom stereocenters. The van der Waals surface area contributed by atoms with Crippen molar-refractivity contribution in [3.63, 3.8) is 0 Å². The molecule has 0 spiro atoms. The van der Waals surface area contributed by atoms with Gasteiger partial charge in [-0.25, -0.2) is 10.9 Å². The van der Waals surface area contributed by atoms with Crippen molar-refractivity contribution >= 4 is 23.4 Å². The third-order valence-corrected chi connectivity index (χ3v) is 3.84. The van der Waals surface area contributed by atoms with Crippen LogP contribution in [-0.2, 0) is 25.6 Å². The topological polar surface area (TPSA) is 116 Å². The van der Waals surface area contributed by atoms with Gasteiger partial charge in [-0.15, -0.1) is 0 Å². The smallest absolute Gasteiger partial charge is 0.243 e. The van der Waals surface area contributed by atoms with Crippen LogP contribution in [0.3, 0.4) is 0 Å². The molecule has 2 amide bonds. The van der Waals surface area contributed by atoms with Gasteiger partial charge in [-0.2, -0.15) is 0 Å². The van der Waals surface area contributed by atoms with Crippen molar-refractivity contribution < 1.29 is 19.2 Å². The Labute approximate surface area is 159 Å². The number of benzene rings is 1. The van der Waals surface area contributed by atoms with Crippen molar-refractivity contribution in [1.82, 2.24) is 21.5 Å². The molecule has 0 aliphatic rings. The second kappa shape index (κ2) is 12.7. The van der Waals surface area contributed by atoms with Gasteiger partial charge < -0.3 is 10.6 Å². The molecule has 27 heavy (non-hydrogen) atoms. The predicted molar refractivity (Wildman–Crippen MR) is 102 cm³/mol. The lowest BCUT2D eigenvalue weighted by atomic mass is 10.1. The van der Waals surface area contributed by atoms with Gasteiger partial charge in [0.05, 0.1) is 19.6 Å². The quantitative estimate of drug-likeness (QED) is 0.282. The summed E-state index contributed by atoms with van der Waals surface area (Å²) < 4.78 is 0. The van der Waals surface area contributed by atoms with Crippen molar-refractivity contribution in [1.29, 1.82) is 0 Å². The van der Waals surface area contributed by atoms with E-state index in [1.54, 1.807) is 13.8 Å². The molecule has 0 aliphatic carbocycles. The first-order valence-corrected chi connectivity index (χ1v) is 9.06. The summed E-state index contributed by atoms with van der Waals surface area (Å²) in [6.07, 6.45) is 1.05. The highest BCUT2D eigenvalue weighted by molar-refractivity contribution is 5.91. The monoisotopic (exact) mass is 376 g/mol. The summed E-state index contributed by atoms with van der Waals surface area (Å²) in [5.41, 5.74) is 6.20. The molecule has 0 saturated heterocycles. The summed E-state index contributed by atoms with van der Waals surface area (Å²) in [7, 11) is 0. The zero-order valence-corrected chi connectivity index (χ0v) is 15.8. The first-order valence-electron chi connectivity index (χ1n) is 9.06. The first kappa shape index (κ1) is 22.5.